The standard InChI is InChI=1S/C11H7Cl6N3/c12-10(13,14)8-6-18-19-20(11(15,16)17)9(8)7-4-2-1-3-5-7/h1-6,19H. The molecule has 1 N–H and O–H groups in total. The number of hydrazine groups is 1. The SMILES string of the molecule is ClC(Cl)(Cl)C1=C(c2ccccc2)N(C(Cl)(Cl)Cl)NN=C1. The van der Waals surface area contributed by atoms with Crippen molar-refractivity contribution in [1.82, 2.24) is 10.5 Å². The first-order chi connectivity index (χ1) is 9.21. The third-order valence-corrected chi connectivity index (χ3v) is 3.55. The van der Waals surface area contributed by atoms with E-state index < -0.39 is 7.71 Å². The summed E-state index contributed by atoms with van der Waals surface area (Å²) in [7, 11) is 0. The minimum atomic E-state index is -1.82. The number of hydrazone groups is 1. The predicted octanol–water partition coefficient (Wildman–Crippen LogP) is 4.90. The van der Waals surface area contributed by atoms with Crippen LogP contribution in [-0.4, -0.2) is 18.9 Å². The second kappa shape index (κ2) is 5.99. The monoisotopic (exact) mass is 391 g/mol. The summed E-state index contributed by atoms with van der Waals surface area (Å²) in [4.78, 5) is 0. The lowest BCUT2D eigenvalue weighted by molar-refractivity contribution is 0.293. The molecule has 9 heteroatoms. The number of benzene rings is 1. The van der Waals surface area contributed by atoms with Crippen LogP contribution in [0, 0.1) is 0 Å². The highest BCUT2D eigenvalue weighted by Gasteiger charge is 2.40. The molecule has 1 aromatic rings. The zero-order valence-electron chi connectivity index (χ0n) is 9.63. The van der Waals surface area contributed by atoms with Gasteiger partial charge in [-0.1, -0.05) is 99.9 Å². The van der Waals surface area contributed by atoms with Crippen LogP contribution in [0.3, 0.4) is 0 Å². The van der Waals surface area contributed by atoms with Gasteiger partial charge in [-0.25, -0.2) is 10.5 Å². The van der Waals surface area contributed by atoms with E-state index in [1.165, 1.54) is 11.2 Å². The Balaban J connectivity index is 2.66. The second-order valence-electron chi connectivity index (χ2n) is 3.79. The van der Waals surface area contributed by atoms with Crippen LogP contribution in [0.25, 0.3) is 5.70 Å². The van der Waals surface area contributed by atoms with Crippen LogP contribution in [0.5, 0.6) is 0 Å². The zero-order chi connectivity index (χ0) is 15.0. The Bertz CT molecular complexity index is 544. The molecule has 0 fully saturated rings. The fraction of sp³-hybridized carbons (Fsp3) is 0.182. The minimum absolute atomic E-state index is 0.291. The fourth-order valence-corrected chi connectivity index (χ4v) is 2.44. The summed E-state index contributed by atoms with van der Waals surface area (Å²) in [5.41, 5.74) is 4.00. The van der Waals surface area contributed by atoms with Crippen molar-refractivity contribution in [3.05, 3.63) is 41.5 Å². The van der Waals surface area contributed by atoms with Gasteiger partial charge in [0.25, 0.3) is 3.92 Å². The molecule has 0 saturated heterocycles. The van der Waals surface area contributed by atoms with E-state index in [0.717, 1.165) is 0 Å². The van der Waals surface area contributed by atoms with Gasteiger partial charge in [-0.15, -0.1) is 0 Å². The Morgan fingerprint density at radius 1 is 0.950 bits per heavy atom. The molecule has 0 unspecified atom stereocenters. The van der Waals surface area contributed by atoms with Crippen molar-refractivity contribution in [2.24, 2.45) is 5.10 Å². The average molecular weight is 394 g/mol. The van der Waals surface area contributed by atoms with Crippen molar-refractivity contribution in [2.75, 3.05) is 0 Å². The van der Waals surface area contributed by atoms with Crippen LogP contribution in [-0.2, 0) is 0 Å². The first-order valence-corrected chi connectivity index (χ1v) is 7.50. The first kappa shape index (κ1) is 16.3. The number of allylic oxidation sites excluding steroid dienone is 1. The van der Waals surface area contributed by atoms with Crippen LogP contribution >= 0.6 is 69.6 Å². The van der Waals surface area contributed by atoms with Gasteiger partial charge in [0.1, 0.15) is 0 Å². The molecular weight excluding hydrogens is 387 g/mol. The van der Waals surface area contributed by atoms with Gasteiger partial charge in [-0.3, -0.25) is 0 Å². The van der Waals surface area contributed by atoms with Crippen molar-refractivity contribution in [2.45, 2.75) is 7.71 Å². The van der Waals surface area contributed by atoms with Crippen molar-refractivity contribution < 1.29 is 0 Å². The minimum Gasteiger partial charge on any atom is -0.222 e. The third-order valence-electron chi connectivity index (χ3n) is 2.44. The summed E-state index contributed by atoms with van der Waals surface area (Å²) in [6.07, 6.45) is 1.38. The van der Waals surface area contributed by atoms with E-state index >= 15 is 0 Å². The van der Waals surface area contributed by atoms with Crippen molar-refractivity contribution in [3.63, 3.8) is 0 Å². The molecule has 0 atom stereocenters. The molecule has 0 aromatic heterocycles. The number of nitrogens with one attached hydrogen (secondary N) is 1. The molecule has 0 saturated carbocycles. The van der Waals surface area contributed by atoms with Gasteiger partial charge in [-0.05, 0) is 0 Å². The van der Waals surface area contributed by atoms with Gasteiger partial charge in [-0.2, -0.15) is 5.10 Å². The van der Waals surface area contributed by atoms with E-state index in [-0.39, 0.29) is 0 Å². The Hall–Kier alpha value is -0.0300. The quantitative estimate of drug-likeness (QED) is 0.542. The lowest BCUT2D eigenvalue weighted by Crippen LogP contribution is -2.45. The Kier molecular flexibility index (Phi) is 4.90. The van der Waals surface area contributed by atoms with E-state index in [1.807, 2.05) is 18.2 Å². The van der Waals surface area contributed by atoms with E-state index in [2.05, 4.69) is 10.6 Å². The fourth-order valence-electron chi connectivity index (χ4n) is 1.65. The highest BCUT2D eigenvalue weighted by molar-refractivity contribution is 6.71. The van der Waals surface area contributed by atoms with Crippen LogP contribution in [0.1, 0.15) is 5.56 Å². The third kappa shape index (κ3) is 3.59. The molecule has 0 bridgehead atoms. The maximum Gasteiger partial charge on any atom is 0.286 e. The molecular formula is C11H7Cl6N3. The topological polar surface area (TPSA) is 27.6 Å². The molecule has 108 valence electrons. The smallest absolute Gasteiger partial charge is 0.222 e. The first-order valence-electron chi connectivity index (χ1n) is 5.24. The van der Waals surface area contributed by atoms with E-state index in [1.54, 1.807) is 12.1 Å². The molecule has 1 aliphatic rings. The number of hydrogen-bond donors (Lipinski definition) is 1. The molecule has 0 radical (unpaired) electrons. The Morgan fingerprint density at radius 3 is 2.05 bits per heavy atom. The molecule has 20 heavy (non-hydrogen) atoms. The predicted molar refractivity (Wildman–Crippen MR) is 87.4 cm³/mol. The highest BCUT2D eigenvalue weighted by Crippen LogP contribution is 2.44. The number of nitrogens with zero attached hydrogens (tertiary/aromatic N) is 2. The summed E-state index contributed by atoms with van der Waals surface area (Å²) < 4.78 is -3.53. The summed E-state index contributed by atoms with van der Waals surface area (Å²) in [6.45, 7) is 0. The Labute approximate surface area is 146 Å². The molecule has 0 aliphatic carbocycles. The average Bonchev–Trinajstić information content (AvgIpc) is 2.37. The summed E-state index contributed by atoms with van der Waals surface area (Å²) in [6, 6.07) is 9.09. The van der Waals surface area contributed by atoms with Crippen LogP contribution < -0.4 is 5.53 Å². The molecule has 1 aliphatic heterocycles. The normalized spacial score (nSPS) is 16.4. The molecule has 1 heterocycles. The number of halogens is 6. The van der Waals surface area contributed by atoms with Gasteiger partial charge in [0.15, 0.2) is 0 Å². The molecule has 2 rings (SSSR count). The maximum absolute atomic E-state index is 5.97. The van der Waals surface area contributed by atoms with E-state index in [9.17, 15) is 0 Å². The van der Waals surface area contributed by atoms with Gasteiger partial charge < -0.3 is 0 Å². The molecule has 0 spiro atoms. The van der Waals surface area contributed by atoms with Crippen molar-refractivity contribution in [1.29, 1.82) is 0 Å². The summed E-state index contributed by atoms with van der Waals surface area (Å²) in [5.74, 6) is 0. The largest absolute Gasteiger partial charge is 0.286 e. The molecule has 1 aromatic carbocycles. The number of rotatable bonds is 1. The van der Waals surface area contributed by atoms with E-state index in [4.69, 9.17) is 69.6 Å². The van der Waals surface area contributed by atoms with Crippen LogP contribution in [0.4, 0.5) is 0 Å². The van der Waals surface area contributed by atoms with Gasteiger partial charge in [0.2, 0.25) is 3.79 Å². The lowest BCUT2D eigenvalue weighted by atomic mass is 10.1. The number of hydrogen-bond acceptors (Lipinski definition) is 3. The summed E-state index contributed by atoms with van der Waals surface area (Å²) in [5, 5.41) is 5.03. The lowest BCUT2D eigenvalue weighted by Gasteiger charge is -2.36. The zero-order valence-corrected chi connectivity index (χ0v) is 14.2. The van der Waals surface area contributed by atoms with Gasteiger partial charge in [0.05, 0.1) is 11.9 Å². The van der Waals surface area contributed by atoms with Crippen molar-refractivity contribution in [3.8, 4) is 0 Å². The van der Waals surface area contributed by atoms with Gasteiger partial charge >= 0.3 is 0 Å². The van der Waals surface area contributed by atoms with Crippen molar-refractivity contribution >= 4 is 81.5 Å². The van der Waals surface area contributed by atoms with E-state index in [0.29, 0.717) is 16.8 Å². The highest BCUT2D eigenvalue weighted by atomic mass is 35.6. The van der Waals surface area contributed by atoms with Gasteiger partial charge in [0, 0.05) is 11.1 Å². The molecule has 0 amide bonds. The van der Waals surface area contributed by atoms with Crippen LogP contribution in [0.15, 0.2) is 41.0 Å². The number of alkyl halides is 6. The summed E-state index contributed by atoms with van der Waals surface area (Å²) >= 11 is 35.7. The Morgan fingerprint density at radius 2 is 1.55 bits per heavy atom. The second-order valence-corrected chi connectivity index (χ2v) is 8.29. The maximum atomic E-state index is 5.97. The van der Waals surface area contributed by atoms with Crippen LogP contribution in [0.2, 0.25) is 0 Å². The molecule has 3 nitrogen and oxygen atoms in total.